The number of amides is 3. The lowest BCUT2D eigenvalue weighted by atomic mass is 10.1. The highest BCUT2D eigenvalue weighted by Gasteiger charge is 2.24. The third-order valence-corrected chi connectivity index (χ3v) is 5.13. The molecule has 0 aliphatic carbocycles. The van der Waals surface area contributed by atoms with Crippen molar-refractivity contribution in [3.63, 3.8) is 0 Å². The van der Waals surface area contributed by atoms with Crippen molar-refractivity contribution >= 4 is 17.7 Å². The number of rotatable bonds is 5. The number of hydrogen-bond acceptors (Lipinski definition) is 4. The molecule has 1 aliphatic rings. The van der Waals surface area contributed by atoms with Gasteiger partial charge in [-0.1, -0.05) is 30.3 Å². The molecule has 0 bridgehead atoms. The lowest BCUT2D eigenvalue weighted by molar-refractivity contribution is -0.130. The number of piperazine rings is 1. The summed E-state index contributed by atoms with van der Waals surface area (Å²) in [5.74, 6) is -0.300. The van der Waals surface area contributed by atoms with Crippen LogP contribution in [0.25, 0.3) is 0 Å². The summed E-state index contributed by atoms with van der Waals surface area (Å²) < 4.78 is 0. The number of pyridine rings is 1. The van der Waals surface area contributed by atoms with E-state index in [0.717, 1.165) is 5.56 Å². The molecular weight excluding hydrogens is 368 g/mol. The van der Waals surface area contributed by atoms with E-state index in [0.29, 0.717) is 50.4 Å². The van der Waals surface area contributed by atoms with Crippen LogP contribution in [-0.4, -0.2) is 70.1 Å². The van der Waals surface area contributed by atoms with Crippen LogP contribution in [0, 0.1) is 0 Å². The zero-order chi connectivity index (χ0) is 20.8. The van der Waals surface area contributed by atoms with Gasteiger partial charge in [0.2, 0.25) is 5.91 Å². The predicted molar refractivity (Wildman–Crippen MR) is 109 cm³/mol. The van der Waals surface area contributed by atoms with Crippen molar-refractivity contribution in [2.75, 3.05) is 32.7 Å². The van der Waals surface area contributed by atoms with E-state index in [2.05, 4.69) is 4.98 Å². The molecule has 0 atom stereocenters. The molecule has 0 unspecified atom stereocenters. The van der Waals surface area contributed by atoms with E-state index in [-0.39, 0.29) is 17.7 Å². The molecule has 1 aromatic carbocycles. The van der Waals surface area contributed by atoms with Crippen LogP contribution in [0.5, 0.6) is 0 Å². The second-order valence-electron chi connectivity index (χ2n) is 7.07. The predicted octanol–water partition coefficient (Wildman–Crippen LogP) is 2.05. The monoisotopic (exact) mass is 394 g/mol. The zero-order valence-corrected chi connectivity index (χ0v) is 16.9. The van der Waals surface area contributed by atoms with Gasteiger partial charge in [0.15, 0.2) is 0 Å². The molecule has 2 aromatic rings. The largest absolute Gasteiger partial charge is 0.339 e. The molecule has 3 rings (SSSR count). The van der Waals surface area contributed by atoms with Crippen LogP contribution in [0.2, 0.25) is 0 Å². The van der Waals surface area contributed by atoms with Gasteiger partial charge in [-0.15, -0.1) is 0 Å². The quantitative estimate of drug-likeness (QED) is 0.778. The SMILES string of the molecule is CCN(Cc1ccccc1)C(=O)c1cncc(C(=O)N2CCN(C(C)=O)CC2)c1. The first-order valence-electron chi connectivity index (χ1n) is 9.82. The van der Waals surface area contributed by atoms with Crippen molar-refractivity contribution in [2.45, 2.75) is 20.4 Å². The van der Waals surface area contributed by atoms with Crippen LogP contribution in [0.4, 0.5) is 0 Å². The standard InChI is InChI=1S/C22H26N4O3/c1-3-24(16-18-7-5-4-6-8-18)21(28)19-13-20(15-23-14-19)22(29)26-11-9-25(10-12-26)17(2)27/h4-8,13-15H,3,9-12,16H2,1-2H3. The highest BCUT2D eigenvalue weighted by molar-refractivity contribution is 5.99. The van der Waals surface area contributed by atoms with Gasteiger partial charge in [0, 0.05) is 58.6 Å². The lowest BCUT2D eigenvalue weighted by Crippen LogP contribution is -2.50. The van der Waals surface area contributed by atoms with Gasteiger partial charge >= 0.3 is 0 Å². The van der Waals surface area contributed by atoms with E-state index in [1.165, 1.54) is 19.3 Å². The Kier molecular flexibility index (Phi) is 6.59. The molecule has 152 valence electrons. The smallest absolute Gasteiger partial charge is 0.255 e. The van der Waals surface area contributed by atoms with Crippen molar-refractivity contribution in [3.8, 4) is 0 Å². The van der Waals surface area contributed by atoms with E-state index >= 15 is 0 Å². The maximum absolute atomic E-state index is 13.0. The molecule has 7 nitrogen and oxygen atoms in total. The molecule has 7 heteroatoms. The Bertz CT molecular complexity index is 877. The van der Waals surface area contributed by atoms with Crippen molar-refractivity contribution in [1.82, 2.24) is 19.7 Å². The number of hydrogen-bond donors (Lipinski definition) is 0. The molecule has 0 spiro atoms. The number of carbonyl (C=O) groups excluding carboxylic acids is 3. The Morgan fingerprint density at radius 2 is 1.59 bits per heavy atom. The molecule has 2 heterocycles. The summed E-state index contributed by atoms with van der Waals surface area (Å²) >= 11 is 0. The van der Waals surface area contributed by atoms with Gasteiger partial charge in [0.05, 0.1) is 11.1 Å². The van der Waals surface area contributed by atoms with Gasteiger partial charge in [-0.3, -0.25) is 19.4 Å². The van der Waals surface area contributed by atoms with Crippen molar-refractivity contribution < 1.29 is 14.4 Å². The summed E-state index contributed by atoms with van der Waals surface area (Å²) in [7, 11) is 0. The molecule has 0 radical (unpaired) electrons. The van der Waals surface area contributed by atoms with Crippen molar-refractivity contribution in [2.24, 2.45) is 0 Å². The van der Waals surface area contributed by atoms with Crippen LogP contribution >= 0.6 is 0 Å². The molecule has 1 aromatic heterocycles. The van der Waals surface area contributed by atoms with Gasteiger partial charge in [-0.2, -0.15) is 0 Å². The van der Waals surface area contributed by atoms with Crippen LogP contribution in [0.1, 0.15) is 40.1 Å². The molecule has 0 N–H and O–H groups in total. The van der Waals surface area contributed by atoms with Crippen molar-refractivity contribution in [3.05, 3.63) is 65.5 Å². The van der Waals surface area contributed by atoms with Gasteiger partial charge in [-0.05, 0) is 18.6 Å². The summed E-state index contributed by atoms with van der Waals surface area (Å²) in [6.45, 7) is 6.52. The average molecular weight is 394 g/mol. The van der Waals surface area contributed by atoms with Crippen LogP contribution < -0.4 is 0 Å². The fraction of sp³-hybridized carbons (Fsp3) is 0.364. The normalized spacial score (nSPS) is 13.9. The Hall–Kier alpha value is -3.22. The molecule has 0 saturated carbocycles. The fourth-order valence-electron chi connectivity index (χ4n) is 3.39. The lowest BCUT2D eigenvalue weighted by Gasteiger charge is -2.34. The van der Waals surface area contributed by atoms with E-state index in [1.54, 1.807) is 20.8 Å². The highest BCUT2D eigenvalue weighted by atomic mass is 16.2. The van der Waals surface area contributed by atoms with E-state index in [9.17, 15) is 14.4 Å². The molecule has 1 aliphatic heterocycles. The number of nitrogens with zero attached hydrogens (tertiary/aromatic N) is 4. The van der Waals surface area contributed by atoms with Gasteiger partial charge < -0.3 is 14.7 Å². The Morgan fingerprint density at radius 3 is 2.21 bits per heavy atom. The van der Waals surface area contributed by atoms with E-state index in [1.807, 2.05) is 37.3 Å². The highest BCUT2D eigenvalue weighted by Crippen LogP contribution is 2.13. The van der Waals surface area contributed by atoms with Gasteiger partial charge in [0.1, 0.15) is 0 Å². The molecule has 1 fully saturated rings. The van der Waals surface area contributed by atoms with E-state index < -0.39 is 0 Å². The summed E-state index contributed by atoms with van der Waals surface area (Å²) in [6, 6.07) is 11.4. The third-order valence-electron chi connectivity index (χ3n) is 5.13. The first-order valence-corrected chi connectivity index (χ1v) is 9.82. The van der Waals surface area contributed by atoms with Crippen molar-refractivity contribution in [1.29, 1.82) is 0 Å². The Morgan fingerprint density at radius 1 is 0.966 bits per heavy atom. The maximum Gasteiger partial charge on any atom is 0.255 e. The van der Waals surface area contributed by atoms with Crippen LogP contribution in [0.3, 0.4) is 0 Å². The minimum Gasteiger partial charge on any atom is -0.339 e. The summed E-state index contributed by atoms with van der Waals surface area (Å²) in [4.78, 5) is 46.5. The fourth-order valence-corrected chi connectivity index (χ4v) is 3.39. The third kappa shape index (κ3) is 4.99. The molecular formula is C22H26N4O3. The van der Waals surface area contributed by atoms with Crippen LogP contribution in [0.15, 0.2) is 48.8 Å². The maximum atomic E-state index is 13.0. The average Bonchev–Trinajstić information content (AvgIpc) is 2.77. The summed E-state index contributed by atoms with van der Waals surface area (Å²) in [6.07, 6.45) is 2.99. The Balaban J connectivity index is 1.70. The summed E-state index contributed by atoms with van der Waals surface area (Å²) in [5, 5.41) is 0. The van der Waals surface area contributed by atoms with E-state index in [4.69, 9.17) is 0 Å². The zero-order valence-electron chi connectivity index (χ0n) is 16.9. The van der Waals surface area contributed by atoms with Gasteiger partial charge in [-0.25, -0.2) is 0 Å². The van der Waals surface area contributed by atoms with Gasteiger partial charge in [0.25, 0.3) is 11.8 Å². The molecule has 3 amide bonds. The number of carbonyl (C=O) groups is 3. The topological polar surface area (TPSA) is 73.8 Å². The second kappa shape index (κ2) is 9.32. The molecule has 29 heavy (non-hydrogen) atoms. The minimum absolute atomic E-state index is 0.0180. The number of aromatic nitrogens is 1. The van der Waals surface area contributed by atoms with Crippen LogP contribution in [-0.2, 0) is 11.3 Å². The number of benzene rings is 1. The second-order valence-corrected chi connectivity index (χ2v) is 7.07. The Labute approximate surface area is 170 Å². The molecule has 1 saturated heterocycles. The first-order chi connectivity index (χ1) is 14.0. The minimum atomic E-state index is -0.165. The first kappa shape index (κ1) is 20.5. The summed E-state index contributed by atoms with van der Waals surface area (Å²) in [5.41, 5.74) is 1.84.